The van der Waals surface area contributed by atoms with Crippen LogP contribution in [0.15, 0.2) is 12.2 Å². The number of allylic oxidation sites excluding steroid dienone is 2. The van der Waals surface area contributed by atoms with Gasteiger partial charge in [0.05, 0.1) is 5.92 Å². The predicted molar refractivity (Wildman–Crippen MR) is 91.8 cm³/mol. The van der Waals surface area contributed by atoms with E-state index in [9.17, 15) is 4.79 Å². The molecular formula is C22H30O2. The van der Waals surface area contributed by atoms with Crippen molar-refractivity contribution in [2.24, 2.45) is 65.1 Å². The molecule has 6 aliphatic rings. The van der Waals surface area contributed by atoms with E-state index in [1.165, 1.54) is 19.3 Å². The van der Waals surface area contributed by atoms with Gasteiger partial charge in [-0.1, -0.05) is 12.2 Å². The maximum absolute atomic E-state index is 12.8. The smallest absolute Gasteiger partial charge is 0.309 e. The summed E-state index contributed by atoms with van der Waals surface area (Å²) in [5.41, 5.74) is -0.340. The average molecular weight is 326 g/mol. The van der Waals surface area contributed by atoms with Crippen molar-refractivity contribution >= 4 is 5.97 Å². The second-order valence-corrected chi connectivity index (χ2v) is 10.9. The quantitative estimate of drug-likeness (QED) is 0.408. The van der Waals surface area contributed by atoms with Gasteiger partial charge in [0, 0.05) is 0 Å². The molecule has 0 spiro atoms. The number of carbonyl (C=O) groups excluding carboxylic acids is 1. The van der Waals surface area contributed by atoms with Crippen LogP contribution in [-0.4, -0.2) is 11.6 Å². The first-order valence-electron chi connectivity index (χ1n) is 10.3. The van der Waals surface area contributed by atoms with E-state index in [1.807, 2.05) is 20.8 Å². The first-order valence-corrected chi connectivity index (χ1v) is 10.3. The standard InChI is InChI=1S/C22H30O2/c1-22(2,3)24-21(23)14-8-12-7-13(14)20-16-9-15(19(12)20)17-10-4-5-11(6-10)18(16)17/h4-5,10-20H,6-9H2,1-3H3. The van der Waals surface area contributed by atoms with Crippen LogP contribution in [-0.2, 0) is 9.53 Å². The van der Waals surface area contributed by atoms with Gasteiger partial charge in [0.25, 0.3) is 0 Å². The van der Waals surface area contributed by atoms with Crippen LogP contribution < -0.4 is 0 Å². The molecule has 6 bridgehead atoms. The second-order valence-electron chi connectivity index (χ2n) is 10.9. The zero-order valence-corrected chi connectivity index (χ0v) is 15.2. The highest BCUT2D eigenvalue weighted by molar-refractivity contribution is 5.74. The average Bonchev–Trinajstić information content (AvgIpc) is 3.27. The summed E-state index contributed by atoms with van der Waals surface area (Å²) in [6, 6.07) is 0. The van der Waals surface area contributed by atoms with E-state index in [2.05, 4.69) is 12.2 Å². The van der Waals surface area contributed by atoms with E-state index in [0.29, 0.717) is 5.92 Å². The molecule has 0 radical (unpaired) electrons. The molecule has 0 aromatic rings. The van der Waals surface area contributed by atoms with Crippen LogP contribution in [0.5, 0.6) is 0 Å². The minimum atomic E-state index is -0.340. The maximum atomic E-state index is 12.8. The van der Waals surface area contributed by atoms with Gasteiger partial charge in [-0.05, 0) is 106 Å². The minimum Gasteiger partial charge on any atom is -0.460 e. The van der Waals surface area contributed by atoms with Gasteiger partial charge in [0.1, 0.15) is 5.60 Å². The van der Waals surface area contributed by atoms with Gasteiger partial charge >= 0.3 is 5.97 Å². The molecular weight excluding hydrogens is 296 g/mol. The van der Waals surface area contributed by atoms with Crippen LogP contribution in [0.1, 0.15) is 46.5 Å². The number of fused-ring (bicyclic) bond motifs is 16. The Balaban J connectivity index is 1.28. The first kappa shape index (κ1) is 14.4. The maximum Gasteiger partial charge on any atom is 0.309 e. The van der Waals surface area contributed by atoms with Crippen LogP contribution in [0, 0.1) is 65.1 Å². The predicted octanol–water partition coefficient (Wildman–Crippen LogP) is 4.30. The number of hydrogen-bond donors (Lipinski definition) is 0. The zero-order chi connectivity index (χ0) is 16.4. The number of carbonyl (C=O) groups is 1. The summed E-state index contributed by atoms with van der Waals surface area (Å²) < 4.78 is 5.79. The normalized spacial score (nSPS) is 58.4. The molecule has 5 saturated carbocycles. The number of rotatable bonds is 1. The summed E-state index contributed by atoms with van der Waals surface area (Å²) in [5, 5.41) is 0. The minimum absolute atomic E-state index is 0.112. The van der Waals surface area contributed by atoms with E-state index in [-0.39, 0.29) is 17.5 Å². The summed E-state index contributed by atoms with van der Waals surface area (Å²) in [7, 11) is 0. The summed E-state index contributed by atoms with van der Waals surface area (Å²) in [4.78, 5) is 12.8. The summed E-state index contributed by atoms with van der Waals surface area (Å²) in [6.07, 6.45) is 10.5. The summed E-state index contributed by atoms with van der Waals surface area (Å²) in [5.74, 6) is 9.36. The van der Waals surface area contributed by atoms with Crippen LogP contribution in [0.3, 0.4) is 0 Å². The largest absolute Gasteiger partial charge is 0.460 e. The first-order chi connectivity index (χ1) is 11.4. The molecule has 130 valence electrons. The van der Waals surface area contributed by atoms with Gasteiger partial charge in [-0.15, -0.1) is 0 Å². The summed E-state index contributed by atoms with van der Waals surface area (Å²) >= 11 is 0. The summed E-state index contributed by atoms with van der Waals surface area (Å²) in [6.45, 7) is 6.01. The highest BCUT2D eigenvalue weighted by Gasteiger charge is 2.71. The molecule has 0 aromatic carbocycles. The lowest BCUT2D eigenvalue weighted by Crippen LogP contribution is -2.44. The van der Waals surface area contributed by atoms with Gasteiger partial charge in [-0.3, -0.25) is 4.79 Å². The third kappa shape index (κ3) is 1.62. The van der Waals surface area contributed by atoms with Gasteiger partial charge in [0.15, 0.2) is 0 Å². The highest BCUT2D eigenvalue weighted by atomic mass is 16.6. The highest BCUT2D eigenvalue weighted by Crippen LogP contribution is 2.76. The van der Waals surface area contributed by atoms with Gasteiger partial charge < -0.3 is 4.74 Å². The Kier molecular flexibility index (Phi) is 2.58. The number of esters is 1. The van der Waals surface area contributed by atoms with Crippen molar-refractivity contribution in [3.63, 3.8) is 0 Å². The Bertz CT molecular complexity index is 628. The molecule has 11 unspecified atom stereocenters. The van der Waals surface area contributed by atoms with E-state index >= 15 is 0 Å². The molecule has 0 saturated heterocycles. The van der Waals surface area contributed by atoms with Crippen molar-refractivity contribution in [1.82, 2.24) is 0 Å². The fourth-order valence-electron chi connectivity index (χ4n) is 8.90. The van der Waals surface area contributed by atoms with Crippen LogP contribution in [0.25, 0.3) is 0 Å². The molecule has 0 N–H and O–H groups in total. The lowest BCUT2D eigenvalue weighted by atomic mass is 9.59. The molecule has 6 aliphatic carbocycles. The molecule has 0 aliphatic heterocycles. The van der Waals surface area contributed by atoms with E-state index in [1.54, 1.807) is 0 Å². The van der Waals surface area contributed by atoms with Crippen molar-refractivity contribution in [1.29, 1.82) is 0 Å². The number of ether oxygens (including phenoxy) is 1. The molecule has 0 amide bonds. The van der Waals surface area contributed by atoms with Gasteiger partial charge in [0.2, 0.25) is 0 Å². The fourth-order valence-corrected chi connectivity index (χ4v) is 8.90. The Morgan fingerprint density at radius 2 is 1.50 bits per heavy atom. The molecule has 0 heterocycles. The Hall–Kier alpha value is -0.790. The molecule has 5 fully saturated rings. The molecule has 2 nitrogen and oxygen atoms in total. The molecule has 0 aromatic heterocycles. The second kappa shape index (κ2) is 4.30. The van der Waals surface area contributed by atoms with E-state index in [0.717, 1.165) is 59.7 Å². The van der Waals surface area contributed by atoms with Crippen molar-refractivity contribution < 1.29 is 9.53 Å². The van der Waals surface area contributed by atoms with Crippen LogP contribution in [0.4, 0.5) is 0 Å². The van der Waals surface area contributed by atoms with Crippen molar-refractivity contribution in [2.75, 3.05) is 0 Å². The Morgan fingerprint density at radius 3 is 2.17 bits per heavy atom. The van der Waals surface area contributed by atoms with Crippen LogP contribution in [0.2, 0.25) is 0 Å². The Labute approximate surface area is 145 Å². The lowest BCUT2D eigenvalue weighted by molar-refractivity contribution is -0.164. The fraction of sp³-hybridized carbons (Fsp3) is 0.864. The van der Waals surface area contributed by atoms with E-state index < -0.39 is 0 Å². The van der Waals surface area contributed by atoms with Gasteiger partial charge in [-0.2, -0.15) is 0 Å². The lowest BCUT2D eigenvalue weighted by Gasteiger charge is -2.45. The van der Waals surface area contributed by atoms with E-state index in [4.69, 9.17) is 4.74 Å². The third-order valence-corrected chi connectivity index (χ3v) is 8.95. The monoisotopic (exact) mass is 326 g/mol. The Morgan fingerprint density at radius 1 is 0.833 bits per heavy atom. The SMILES string of the molecule is CC(C)(C)OC(=O)C1CC2CC1C1C3CC(C4C5C=CC(C5)C34)C21. The topological polar surface area (TPSA) is 26.3 Å². The third-order valence-electron chi connectivity index (χ3n) is 8.95. The van der Waals surface area contributed by atoms with Gasteiger partial charge in [-0.25, -0.2) is 0 Å². The molecule has 24 heavy (non-hydrogen) atoms. The molecule has 11 atom stereocenters. The number of hydrogen-bond acceptors (Lipinski definition) is 2. The van der Waals surface area contributed by atoms with Crippen molar-refractivity contribution in [3.8, 4) is 0 Å². The molecule has 2 heteroatoms. The van der Waals surface area contributed by atoms with Crippen molar-refractivity contribution in [2.45, 2.75) is 52.1 Å². The molecule has 6 rings (SSSR count). The zero-order valence-electron chi connectivity index (χ0n) is 15.2. The van der Waals surface area contributed by atoms with Crippen LogP contribution >= 0.6 is 0 Å². The van der Waals surface area contributed by atoms with Crippen molar-refractivity contribution in [3.05, 3.63) is 12.2 Å².